The first-order chi connectivity index (χ1) is 13.9. The number of rotatable bonds is 7. The van der Waals surface area contributed by atoms with E-state index >= 15 is 0 Å². The second-order valence-corrected chi connectivity index (χ2v) is 8.82. The molecule has 0 radical (unpaired) electrons. The highest BCUT2D eigenvalue weighted by molar-refractivity contribution is 5.87. The molecule has 160 valence electrons. The number of aliphatic carboxylic acids is 1. The van der Waals surface area contributed by atoms with Gasteiger partial charge in [0.1, 0.15) is 0 Å². The molecule has 29 heavy (non-hydrogen) atoms. The van der Waals surface area contributed by atoms with Gasteiger partial charge in [-0.3, -0.25) is 4.90 Å². The summed E-state index contributed by atoms with van der Waals surface area (Å²) < 4.78 is 5.83. The van der Waals surface area contributed by atoms with Gasteiger partial charge in [-0.2, -0.15) is 0 Å². The molecule has 2 fully saturated rings. The minimum Gasteiger partial charge on any atom is -0.478 e. The second-order valence-electron chi connectivity index (χ2n) is 8.82. The monoisotopic (exact) mass is 400 g/mol. The average Bonchev–Trinajstić information content (AvgIpc) is 2.70. The number of hydrogen-bond donors (Lipinski definition) is 2. The number of piperidine rings is 1. The zero-order chi connectivity index (χ0) is 20.9. The summed E-state index contributed by atoms with van der Waals surface area (Å²) in [6.45, 7) is 9.62. The van der Waals surface area contributed by atoms with Crippen LogP contribution in [0, 0.1) is 6.92 Å². The molecule has 1 aromatic carbocycles. The zero-order valence-corrected chi connectivity index (χ0v) is 18.1. The number of nitrogens with one attached hydrogen (secondary N) is 1. The molecule has 0 unspecified atom stereocenters. The van der Waals surface area contributed by atoms with Crippen LogP contribution in [0.5, 0.6) is 0 Å². The minimum absolute atomic E-state index is 0.303. The smallest absolute Gasteiger partial charge is 0.328 e. The highest BCUT2D eigenvalue weighted by Crippen LogP contribution is 2.36. The molecule has 5 nitrogen and oxygen atoms in total. The van der Waals surface area contributed by atoms with Crippen molar-refractivity contribution in [1.29, 1.82) is 0 Å². The molecule has 0 atom stereocenters. The van der Waals surface area contributed by atoms with Crippen molar-refractivity contribution in [3.05, 3.63) is 35.4 Å². The molecule has 2 aliphatic rings. The van der Waals surface area contributed by atoms with Crippen molar-refractivity contribution in [3.8, 4) is 0 Å². The molecule has 2 N–H and O–H groups in total. The molecule has 0 amide bonds. The second kappa shape index (κ2) is 9.77. The molecule has 0 bridgehead atoms. The Labute approximate surface area is 175 Å². The summed E-state index contributed by atoms with van der Waals surface area (Å²) in [5.41, 5.74) is 3.44. The summed E-state index contributed by atoms with van der Waals surface area (Å²) in [6.07, 6.45) is 10.3. The topological polar surface area (TPSA) is 61.8 Å². The van der Waals surface area contributed by atoms with Crippen molar-refractivity contribution < 1.29 is 14.6 Å². The van der Waals surface area contributed by atoms with Crippen LogP contribution >= 0.6 is 0 Å². The van der Waals surface area contributed by atoms with Crippen LogP contribution in [0.1, 0.15) is 63.5 Å². The third-order valence-electron chi connectivity index (χ3n) is 6.64. The van der Waals surface area contributed by atoms with Gasteiger partial charge in [-0.1, -0.05) is 12.1 Å². The fourth-order valence-corrected chi connectivity index (χ4v) is 4.82. The largest absolute Gasteiger partial charge is 0.478 e. The fourth-order valence-electron chi connectivity index (χ4n) is 4.82. The third kappa shape index (κ3) is 5.83. The van der Waals surface area contributed by atoms with Crippen molar-refractivity contribution in [2.24, 2.45) is 0 Å². The number of carboxylic acid groups (broad SMARTS) is 1. The van der Waals surface area contributed by atoms with E-state index in [1.807, 2.05) is 12.1 Å². The van der Waals surface area contributed by atoms with Crippen LogP contribution in [0.2, 0.25) is 0 Å². The number of anilines is 1. The standard InChI is InChI=1S/C24H36N2O3/c1-4-29-21-9-13-24(3,14-10-21)26-15-11-20(12-16-26)25-22-17-18(2)5-6-19(22)7-8-23(27)28/h5-8,17,20-21,25H,4,9-16H2,1-3H3,(H,27,28). The minimum atomic E-state index is -0.919. The highest BCUT2D eigenvalue weighted by atomic mass is 16.5. The molecule has 1 aliphatic carbocycles. The number of ether oxygens (including phenoxy) is 1. The van der Waals surface area contributed by atoms with Gasteiger partial charge in [-0.25, -0.2) is 4.79 Å². The number of benzene rings is 1. The van der Waals surface area contributed by atoms with Gasteiger partial charge in [0.05, 0.1) is 6.10 Å². The molecule has 1 saturated heterocycles. The Morgan fingerprint density at radius 1 is 1.28 bits per heavy atom. The van der Waals surface area contributed by atoms with Crippen molar-refractivity contribution in [2.75, 3.05) is 25.0 Å². The van der Waals surface area contributed by atoms with Crippen molar-refractivity contribution >= 4 is 17.7 Å². The Bertz CT molecular complexity index is 715. The Morgan fingerprint density at radius 3 is 2.59 bits per heavy atom. The average molecular weight is 401 g/mol. The van der Waals surface area contributed by atoms with Crippen LogP contribution in [0.15, 0.2) is 24.3 Å². The molecule has 5 heteroatoms. The first-order valence-electron chi connectivity index (χ1n) is 11.0. The van der Waals surface area contributed by atoms with Gasteiger partial charge >= 0.3 is 5.97 Å². The quantitative estimate of drug-likeness (QED) is 0.649. The lowest BCUT2D eigenvalue weighted by Gasteiger charge is -2.48. The van der Waals surface area contributed by atoms with E-state index in [0.717, 1.165) is 43.8 Å². The summed E-state index contributed by atoms with van der Waals surface area (Å²) in [4.78, 5) is 13.6. The van der Waals surface area contributed by atoms with Crippen LogP contribution in [0.3, 0.4) is 0 Å². The van der Waals surface area contributed by atoms with E-state index in [0.29, 0.717) is 17.7 Å². The van der Waals surface area contributed by atoms with E-state index in [1.54, 1.807) is 6.08 Å². The third-order valence-corrected chi connectivity index (χ3v) is 6.64. The summed E-state index contributed by atoms with van der Waals surface area (Å²) in [5, 5.41) is 12.6. The Kier molecular flexibility index (Phi) is 7.36. The predicted molar refractivity (Wildman–Crippen MR) is 118 cm³/mol. The fraction of sp³-hybridized carbons (Fsp3) is 0.625. The molecule has 1 aliphatic heterocycles. The SMILES string of the molecule is CCOC1CCC(C)(N2CCC(Nc3cc(C)ccc3C=CC(=O)O)CC2)CC1. The molecular weight excluding hydrogens is 364 g/mol. The lowest BCUT2D eigenvalue weighted by Crippen LogP contribution is -2.53. The number of likely N-dealkylation sites (tertiary alicyclic amines) is 1. The first kappa shape index (κ1) is 21.8. The van der Waals surface area contributed by atoms with E-state index in [1.165, 1.54) is 37.3 Å². The molecular formula is C24H36N2O3. The maximum Gasteiger partial charge on any atom is 0.328 e. The summed E-state index contributed by atoms with van der Waals surface area (Å²) in [6, 6.07) is 6.55. The van der Waals surface area contributed by atoms with Gasteiger partial charge in [0.2, 0.25) is 0 Å². The predicted octanol–water partition coefficient (Wildman–Crippen LogP) is 4.71. The van der Waals surface area contributed by atoms with Gasteiger partial charge in [0.15, 0.2) is 0 Å². The van der Waals surface area contributed by atoms with Crippen LogP contribution in [-0.2, 0) is 9.53 Å². The van der Waals surface area contributed by atoms with E-state index in [-0.39, 0.29) is 0 Å². The van der Waals surface area contributed by atoms with E-state index in [2.05, 4.69) is 37.1 Å². The van der Waals surface area contributed by atoms with Crippen LogP contribution in [0.25, 0.3) is 6.08 Å². The summed E-state index contributed by atoms with van der Waals surface area (Å²) >= 11 is 0. The first-order valence-corrected chi connectivity index (χ1v) is 11.0. The molecule has 1 aromatic rings. The summed E-state index contributed by atoms with van der Waals surface area (Å²) in [5.74, 6) is -0.919. The molecule has 3 rings (SSSR count). The van der Waals surface area contributed by atoms with E-state index < -0.39 is 5.97 Å². The van der Waals surface area contributed by atoms with Gasteiger partial charge in [-0.05, 0) is 82.6 Å². The lowest BCUT2D eigenvalue weighted by atomic mass is 9.79. The van der Waals surface area contributed by atoms with E-state index in [4.69, 9.17) is 9.84 Å². The van der Waals surface area contributed by atoms with Gasteiger partial charge in [0.25, 0.3) is 0 Å². The van der Waals surface area contributed by atoms with Crippen molar-refractivity contribution in [1.82, 2.24) is 4.90 Å². The zero-order valence-electron chi connectivity index (χ0n) is 18.1. The Balaban J connectivity index is 1.57. The molecule has 1 heterocycles. The normalized spacial score (nSPS) is 26.7. The number of nitrogens with zero attached hydrogens (tertiary/aromatic N) is 1. The number of carbonyl (C=O) groups is 1. The van der Waals surface area contributed by atoms with Gasteiger partial charge < -0.3 is 15.2 Å². The van der Waals surface area contributed by atoms with Crippen LogP contribution in [0.4, 0.5) is 5.69 Å². The number of aryl methyl sites for hydroxylation is 1. The Hall–Kier alpha value is -1.85. The van der Waals surface area contributed by atoms with Gasteiger partial charge in [0, 0.05) is 43.0 Å². The number of hydrogen-bond acceptors (Lipinski definition) is 4. The Morgan fingerprint density at radius 2 is 1.97 bits per heavy atom. The number of carboxylic acids is 1. The molecule has 0 aromatic heterocycles. The van der Waals surface area contributed by atoms with Crippen molar-refractivity contribution in [3.63, 3.8) is 0 Å². The van der Waals surface area contributed by atoms with Crippen LogP contribution < -0.4 is 5.32 Å². The molecule has 1 saturated carbocycles. The lowest BCUT2D eigenvalue weighted by molar-refractivity contribution is -0.131. The molecule has 0 spiro atoms. The van der Waals surface area contributed by atoms with E-state index in [9.17, 15) is 4.79 Å². The maximum atomic E-state index is 10.9. The van der Waals surface area contributed by atoms with Gasteiger partial charge in [-0.15, -0.1) is 0 Å². The maximum absolute atomic E-state index is 10.9. The van der Waals surface area contributed by atoms with Crippen LogP contribution in [-0.4, -0.2) is 53.4 Å². The summed E-state index contributed by atoms with van der Waals surface area (Å²) in [7, 11) is 0. The van der Waals surface area contributed by atoms with Crippen molar-refractivity contribution in [2.45, 2.75) is 77.0 Å². The highest BCUT2D eigenvalue weighted by Gasteiger charge is 2.38.